The molecule has 1 heterocycles. The summed E-state index contributed by atoms with van der Waals surface area (Å²) < 4.78 is 5.44. The lowest BCUT2D eigenvalue weighted by atomic mass is 9.83. The van der Waals surface area contributed by atoms with Gasteiger partial charge in [-0.2, -0.15) is 0 Å². The molecule has 1 saturated heterocycles. The number of rotatable bonds is 3. The molecule has 3 nitrogen and oxygen atoms in total. The highest BCUT2D eigenvalue weighted by atomic mass is 16.5. The number of nitrogens with one attached hydrogen (secondary N) is 1. The molecule has 0 radical (unpaired) electrons. The first-order valence-corrected chi connectivity index (χ1v) is 8.10. The molecule has 2 aliphatic rings. The van der Waals surface area contributed by atoms with Crippen molar-refractivity contribution in [1.29, 1.82) is 0 Å². The molecule has 1 N–H and O–H groups in total. The second-order valence-corrected chi connectivity index (χ2v) is 6.55. The lowest BCUT2D eigenvalue weighted by Gasteiger charge is -2.20. The van der Waals surface area contributed by atoms with Gasteiger partial charge in [0.05, 0.1) is 7.11 Å². The van der Waals surface area contributed by atoms with Crippen LogP contribution < -0.4 is 10.1 Å². The summed E-state index contributed by atoms with van der Waals surface area (Å²) in [5, 5.41) is 2.99. The van der Waals surface area contributed by atoms with Gasteiger partial charge in [-0.05, 0) is 47.2 Å². The summed E-state index contributed by atoms with van der Waals surface area (Å²) in [7, 11) is 1.69. The highest BCUT2D eigenvalue weighted by Crippen LogP contribution is 2.37. The maximum absolute atomic E-state index is 12.4. The smallest absolute Gasteiger partial charge is 0.252 e. The summed E-state index contributed by atoms with van der Waals surface area (Å²) in [4.78, 5) is 12.4. The van der Waals surface area contributed by atoms with Gasteiger partial charge in [-0.25, -0.2) is 0 Å². The van der Waals surface area contributed by atoms with E-state index in [0.29, 0.717) is 11.8 Å². The van der Waals surface area contributed by atoms with Gasteiger partial charge < -0.3 is 10.1 Å². The number of methoxy groups -OCH3 is 1. The number of benzene rings is 1. The van der Waals surface area contributed by atoms with Crippen molar-refractivity contribution in [3.63, 3.8) is 0 Å². The van der Waals surface area contributed by atoms with E-state index in [-0.39, 0.29) is 11.8 Å². The van der Waals surface area contributed by atoms with Gasteiger partial charge in [0, 0.05) is 17.2 Å². The van der Waals surface area contributed by atoms with Crippen molar-refractivity contribution >= 4 is 12.0 Å². The van der Waals surface area contributed by atoms with Crippen molar-refractivity contribution in [2.45, 2.75) is 26.7 Å². The molecule has 0 spiro atoms. The second kappa shape index (κ2) is 6.07. The molecule has 2 atom stereocenters. The average molecular weight is 309 g/mol. The zero-order valence-corrected chi connectivity index (χ0v) is 14.1. The molecule has 1 fully saturated rings. The highest BCUT2D eigenvalue weighted by Gasteiger charge is 2.36. The molecule has 1 aliphatic heterocycles. The Morgan fingerprint density at radius 1 is 1.30 bits per heavy atom. The minimum absolute atomic E-state index is 0.0127. The Kier molecular flexibility index (Phi) is 4.12. The summed E-state index contributed by atoms with van der Waals surface area (Å²) in [5.41, 5.74) is 4.05. The Labute approximate surface area is 137 Å². The number of amides is 1. The minimum Gasteiger partial charge on any atom is -0.496 e. The first kappa shape index (κ1) is 15.6. The maximum Gasteiger partial charge on any atom is 0.252 e. The van der Waals surface area contributed by atoms with Gasteiger partial charge in [-0.15, -0.1) is 0 Å². The lowest BCUT2D eigenvalue weighted by molar-refractivity contribution is -0.115. The van der Waals surface area contributed by atoms with E-state index >= 15 is 0 Å². The Hall–Kier alpha value is -2.29. The number of carbonyl (C=O) groups is 1. The van der Waals surface area contributed by atoms with Gasteiger partial charge in [0.25, 0.3) is 5.91 Å². The van der Waals surface area contributed by atoms with Crippen LogP contribution in [-0.4, -0.2) is 13.0 Å². The van der Waals surface area contributed by atoms with Crippen molar-refractivity contribution < 1.29 is 9.53 Å². The molecule has 23 heavy (non-hydrogen) atoms. The van der Waals surface area contributed by atoms with E-state index in [1.54, 1.807) is 7.11 Å². The summed E-state index contributed by atoms with van der Waals surface area (Å²) in [6, 6.07) is 6.11. The van der Waals surface area contributed by atoms with Gasteiger partial charge >= 0.3 is 0 Å². The average Bonchev–Trinajstić information content (AvgIpc) is 2.84. The zero-order chi connectivity index (χ0) is 16.6. The molecule has 120 valence electrons. The van der Waals surface area contributed by atoms with Crippen molar-refractivity contribution in [2.24, 2.45) is 11.8 Å². The molecule has 1 aromatic carbocycles. The Bertz CT molecular complexity index is 725. The first-order valence-electron chi connectivity index (χ1n) is 8.10. The summed E-state index contributed by atoms with van der Waals surface area (Å²) >= 11 is 0. The highest BCUT2D eigenvalue weighted by molar-refractivity contribution is 6.03. The van der Waals surface area contributed by atoms with Crippen molar-refractivity contribution in [3.05, 3.63) is 58.8 Å². The van der Waals surface area contributed by atoms with Crippen LogP contribution in [0.1, 0.15) is 37.8 Å². The monoisotopic (exact) mass is 309 g/mol. The van der Waals surface area contributed by atoms with Crippen LogP contribution >= 0.6 is 0 Å². The predicted octanol–water partition coefficient (Wildman–Crippen LogP) is 4.04. The predicted molar refractivity (Wildman–Crippen MR) is 93.1 cm³/mol. The van der Waals surface area contributed by atoms with Crippen LogP contribution in [0.4, 0.5) is 0 Å². The zero-order valence-electron chi connectivity index (χ0n) is 14.1. The van der Waals surface area contributed by atoms with Crippen LogP contribution in [0.25, 0.3) is 6.08 Å². The summed E-state index contributed by atoms with van der Waals surface area (Å²) in [5.74, 6) is 1.74. The van der Waals surface area contributed by atoms with E-state index in [9.17, 15) is 4.79 Å². The number of hydrogen-bond acceptors (Lipinski definition) is 2. The SMILES string of the molecule is COc1ccc(/C=C2\C(=O)NC3=CC=C[C@@H](C)C32)cc1C(C)C. The van der Waals surface area contributed by atoms with Crippen LogP contribution in [0, 0.1) is 11.8 Å². The van der Waals surface area contributed by atoms with Crippen molar-refractivity contribution in [3.8, 4) is 5.75 Å². The fourth-order valence-electron chi connectivity index (χ4n) is 3.38. The molecule has 1 unspecified atom stereocenters. The number of fused-ring (bicyclic) bond motifs is 1. The van der Waals surface area contributed by atoms with Crippen molar-refractivity contribution in [2.75, 3.05) is 7.11 Å². The normalized spacial score (nSPS) is 24.7. The molecule has 1 aromatic rings. The molecule has 0 aromatic heterocycles. The molecule has 1 amide bonds. The Morgan fingerprint density at radius 2 is 2.09 bits per heavy atom. The van der Waals surface area contributed by atoms with Crippen molar-refractivity contribution in [1.82, 2.24) is 5.32 Å². The largest absolute Gasteiger partial charge is 0.496 e. The molecule has 0 saturated carbocycles. The number of carbonyl (C=O) groups excluding carboxylic acids is 1. The molecular weight excluding hydrogens is 286 g/mol. The Morgan fingerprint density at radius 3 is 2.78 bits per heavy atom. The topological polar surface area (TPSA) is 38.3 Å². The van der Waals surface area contributed by atoms with Gasteiger partial charge in [-0.1, -0.05) is 39.0 Å². The number of hydrogen-bond donors (Lipinski definition) is 1. The molecule has 1 aliphatic carbocycles. The third-order valence-corrected chi connectivity index (χ3v) is 4.60. The third kappa shape index (κ3) is 2.83. The van der Waals surface area contributed by atoms with Gasteiger partial charge in [0.15, 0.2) is 0 Å². The van der Waals surface area contributed by atoms with Crippen LogP contribution in [0.15, 0.2) is 47.7 Å². The number of ether oxygens (including phenoxy) is 1. The molecule has 3 heteroatoms. The minimum atomic E-state index is 0.0127. The fourth-order valence-corrected chi connectivity index (χ4v) is 3.38. The van der Waals surface area contributed by atoms with E-state index < -0.39 is 0 Å². The second-order valence-electron chi connectivity index (χ2n) is 6.55. The van der Waals surface area contributed by atoms with E-state index in [0.717, 1.165) is 28.1 Å². The first-order chi connectivity index (χ1) is 11.0. The van der Waals surface area contributed by atoms with Crippen LogP contribution in [0.2, 0.25) is 0 Å². The van der Waals surface area contributed by atoms with E-state index in [1.165, 1.54) is 0 Å². The summed E-state index contributed by atoms with van der Waals surface area (Å²) in [6.07, 6.45) is 8.18. The van der Waals surface area contributed by atoms with E-state index in [4.69, 9.17) is 4.74 Å². The molecule has 0 bridgehead atoms. The fraction of sp³-hybridized carbons (Fsp3) is 0.350. The van der Waals surface area contributed by atoms with Crippen LogP contribution in [0.5, 0.6) is 5.75 Å². The van der Waals surface area contributed by atoms with E-state index in [2.05, 4.69) is 38.2 Å². The Balaban J connectivity index is 2.01. The standard InChI is InChI=1S/C20H23NO2/c1-12(2)15-10-14(8-9-18(15)23-4)11-16-19-13(3)6-5-7-17(19)21-20(16)22/h5-13,19H,1-4H3,(H,21,22)/b16-11-/t13-,19?/m1/s1. The molecule has 3 rings (SSSR count). The van der Waals surface area contributed by atoms with Gasteiger partial charge in [0.1, 0.15) is 5.75 Å². The summed E-state index contributed by atoms with van der Waals surface area (Å²) in [6.45, 7) is 6.44. The maximum atomic E-state index is 12.4. The third-order valence-electron chi connectivity index (χ3n) is 4.60. The van der Waals surface area contributed by atoms with Crippen LogP contribution in [0.3, 0.4) is 0 Å². The van der Waals surface area contributed by atoms with Gasteiger partial charge in [-0.3, -0.25) is 4.79 Å². The van der Waals surface area contributed by atoms with E-state index in [1.807, 2.05) is 30.4 Å². The molecular formula is C20H23NO2. The number of allylic oxidation sites excluding steroid dienone is 4. The van der Waals surface area contributed by atoms with Crippen LogP contribution in [-0.2, 0) is 4.79 Å². The lowest BCUT2D eigenvalue weighted by Crippen LogP contribution is -2.15. The quantitative estimate of drug-likeness (QED) is 0.856. The van der Waals surface area contributed by atoms with Gasteiger partial charge in [0.2, 0.25) is 0 Å².